The van der Waals surface area contributed by atoms with E-state index in [9.17, 15) is 9.59 Å². The van der Waals surface area contributed by atoms with Gasteiger partial charge in [0.1, 0.15) is 0 Å². The van der Waals surface area contributed by atoms with E-state index < -0.39 is 5.54 Å². The number of nitrogens with two attached hydrogens (primary N) is 1. The van der Waals surface area contributed by atoms with E-state index in [0.29, 0.717) is 19.4 Å². The second kappa shape index (κ2) is 4.95. The van der Waals surface area contributed by atoms with Gasteiger partial charge < -0.3 is 5.73 Å². The largest absolute Gasteiger partial charge is 0.328 e. The van der Waals surface area contributed by atoms with Crippen molar-refractivity contribution in [2.24, 2.45) is 11.7 Å². The zero-order valence-corrected chi connectivity index (χ0v) is 10.5. The molecule has 0 aromatic rings. The van der Waals surface area contributed by atoms with Gasteiger partial charge in [-0.05, 0) is 18.8 Å². The molecule has 1 rings (SSSR count). The molecule has 4 nitrogen and oxygen atoms in total. The van der Waals surface area contributed by atoms with Crippen molar-refractivity contribution in [2.45, 2.75) is 52.0 Å². The van der Waals surface area contributed by atoms with Crippen LogP contribution in [-0.4, -0.2) is 28.8 Å². The zero-order chi connectivity index (χ0) is 12.3. The number of carbonyl (C=O) groups excluding carboxylic acids is 2. The Hall–Kier alpha value is -0.900. The van der Waals surface area contributed by atoms with Crippen LogP contribution in [0.15, 0.2) is 0 Å². The minimum Gasteiger partial charge on any atom is -0.328 e. The zero-order valence-electron chi connectivity index (χ0n) is 10.5. The van der Waals surface area contributed by atoms with E-state index in [-0.39, 0.29) is 17.7 Å². The lowest BCUT2D eigenvalue weighted by atomic mass is 9.86. The number of amides is 2. The van der Waals surface area contributed by atoms with Crippen molar-refractivity contribution in [1.82, 2.24) is 4.90 Å². The molecule has 0 radical (unpaired) electrons. The average molecular weight is 226 g/mol. The SMILES string of the molecule is CCC(CC)(CN)N1C(=O)CC(C)CC1=O. The van der Waals surface area contributed by atoms with Gasteiger partial charge in [-0.2, -0.15) is 0 Å². The van der Waals surface area contributed by atoms with Gasteiger partial charge in [0.05, 0.1) is 5.54 Å². The molecule has 92 valence electrons. The van der Waals surface area contributed by atoms with E-state index in [2.05, 4.69) is 0 Å². The number of nitrogens with zero attached hydrogens (tertiary/aromatic N) is 1. The third-order valence-corrected chi connectivity index (χ3v) is 3.72. The Morgan fingerprint density at radius 2 is 1.69 bits per heavy atom. The van der Waals surface area contributed by atoms with Gasteiger partial charge in [0.15, 0.2) is 0 Å². The predicted molar refractivity (Wildman–Crippen MR) is 62.6 cm³/mol. The van der Waals surface area contributed by atoms with E-state index in [1.54, 1.807) is 0 Å². The van der Waals surface area contributed by atoms with Gasteiger partial charge in [0.2, 0.25) is 11.8 Å². The maximum Gasteiger partial charge on any atom is 0.230 e. The summed E-state index contributed by atoms with van der Waals surface area (Å²) in [6.45, 7) is 6.25. The highest BCUT2D eigenvalue weighted by atomic mass is 16.2. The molecule has 0 spiro atoms. The third kappa shape index (κ3) is 2.12. The molecule has 1 aliphatic rings. The van der Waals surface area contributed by atoms with Crippen LogP contribution >= 0.6 is 0 Å². The van der Waals surface area contributed by atoms with Gasteiger partial charge in [-0.25, -0.2) is 0 Å². The van der Waals surface area contributed by atoms with Crippen LogP contribution in [0, 0.1) is 5.92 Å². The summed E-state index contributed by atoms with van der Waals surface area (Å²) in [5.41, 5.74) is 5.31. The molecule has 0 unspecified atom stereocenters. The van der Waals surface area contributed by atoms with Gasteiger partial charge in [-0.1, -0.05) is 20.8 Å². The highest BCUT2D eigenvalue weighted by Gasteiger charge is 2.42. The molecule has 0 aromatic heterocycles. The highest BCUT2D eigenvalue weighted by Crippen LogP contribution is 2.30. The third-order valence-electron chi connectivity index (χ3n) is 3.72. The normalized spacial score (nSPS) is 19.4. The van der Waals surface area contributed by atoms with Crippen molar-refractivity contribution in [3.8, 4) is 0 Å². The molecule has 4 heteroatoms. The Morgan fingerprint density at radius 1 is 1.25 bits per heavy atom. The molecule has 1 aliphatic heterocycles. The minimum absolute atomic E-state index is 0.0575. The van der Waals surface area contributed by atoms with Crippen LogP contribution < -0.4 is 5.73 Å². The molecule has 0 bridgehead atoms. The maximum absolute atomic E-state index is 12.0. The number of carbonyl (C=O) groups is 2. The van der Waals surface area contributed by atoms with Crippen LogP contribution in [0.4, 0.5) is 0 Å². The van der Waals surface area contributed by atoms with Gasteiger partial charge in [-0.15, -0.1) is 0 Å². The van der Waals surface area contributed by atoms with E-state index in [0.717, 1.165) is 12.8 Å². The van der Waals surface area contributed by atoms with Crippen molar-refractivity contribution >= 4 is 11.8 Å². The first-order valence-electron chi connectivity index (χ1n) is 6.06. The fourth-order valence-corrected chi connectivity index (χ4v) is 2.47. The van der Waals surface area contributed by atoms with Crippen LogP contribution in [0.25, 0.3) is 0 Å². The lowest BCUT2D eigenvalue weighted by Gasteiger charge is -2.43. The molecule has 0 aromatic carbocycles. The standard InChI is InChI=1S/C12H22N2O2/c1-4-12(5-2,8-13)14-10(15)6-9(3)7-11(14)16/h9H,4-8,13H2,1-3H3. The van der Waals surface area contributed by atoms with Crippen molar-refractivity contribution in [3.63, 3.8) is 0 Å². The fourth-order valence-electron chi connectivity index (χ4n) is 2.47. The number of rotatable bonds is 4. The van der Waals surface area contributed by atoms with Crippen molar-refractivity contribution < 1.29 is 9.59 Å². The first kappa shape index (κ1) is 13.2. The van der Waals surface area contributed by atoms with Gasteiger partial charge >= 0.3 is 0 Å². The summed E-state index contributed by atoms with van der Waals surface area (Å²) in [6.07, 6.45) is 2.39. The molecule has 1 fully saturated rings. The van der Waals surface area contributed by atoms with Crippen molar-refractivity contribution in [2.75, 3.05) is 6.54 Å². The molecule has 1 saturated heterocycles. The van der Waals surface area contributed by atoms with Crippen molar-refractivity contribution in [1.29, 1.82) is 0 Å². The van der Waals surface area contributed by atoms with E-state index in [1.807, 2.05) is 20.8 Å². The number of likely N-dealkylation sites (tertiary alicyclic amines) is 1. The Balaban J connectivity index is 3.00. The van der Waals surface area contributed by atoms with E-state index in [4.69, 9.17) is 5.73 Å². The monoisotopic (exact) mass is 226 g/mol. The van der Waals surface area contributed by atoms with Crippen LogP contribution in [0.3, 0.4) is 0 Å². The number of hydrogen-bond donors (Lipinski definition) is 1. The summed E-state index contributed by atoms with van der Waals surface area (Å²) in [5.74, 6) is 0.0521. The van der Waals surface area contributed by atoms with Crippen LogP contribution in [0.5, 0.6) is 0 Å². The summed E-state index contributed by atoms with van der Waals surface area (Å²) < 4.78 is 0. The lowest BCUT2D eigenvalue weighted by Crippen LogP contribution is -2.60. The van der Waals surface area contributed by atoms with Gasteiger partial charge in [-0.3, -0.25) is 14.5 Å². The quantitative estimate of drug-likeness (QED) is 0.735. The lowest BCUT2D eigenvalue weighted by molar-refractivity contribution is -0.157. The Morgan fingerprint density at radius 3 is 2.00 bits per heavy atom. The topological polar surface area (TPSA) is 63.4 Å². The van der Waals surface area contributed by atoms with Crippen LogP contribution in [0.1, 0.15) is 46.5 Å². The summed E-state index contributed by atoms with van der Waals surface area (Å²) in [5, 5.41) is 0. The molecular weight excluding hydrogens is 204 g/mol. The fraction of sp³-hybridized carbons (Fsp3) is 0.833. The molecule has 2 amide bonds. The maximum atomic E-state index is 12.0. The van der Waals surface area contributed by atoms with Gasteiger partial charge in [0, 0.05) is 19.4 Å². The Labute approximate surface area is 97.2 Å². The molecule has 2 N–H and O–H groups in total. The molecule has 1 heterocycles. The second-order valence-corrected chi connectivity index (χ2v) is 4.77. The summed E-state index contributed by atoms with van der Waals surface area (Å²) >= 11 is 0. The molecule has 0 aliphatic carbocycles. The minimum atomic E-state index is -0.464. The predicted octanol–water partition coefficient (Wildman–Crippen LogP) is 1.29. The first-order chi connectivity index (χ1) is 7.50. The number of imide groups is 1. The smallest absolute Gasteiger partial charge is 0.230 e. The molecule has 0 atom stereocenters. The number of piperidine rings is 1. The Kier molecular flexibility index (Phi) is 4.08. The Bertz CT molecular complexity index is 258. The first-order valence-corrected chi connectivity index (χ1v) is 6.06. The second-order valence-electron chi connectivity index (χ2n) is 4.77. The summed E-state index contributed by atoms with van der Waals surface area (Å²) in [4.78, 5) is 25.4. The van der Waals surface area contributed by atoms with Gasteiger partial charge in [0.25, 0.3) is 0 Å². The van der Waals surface area contributed by atoms with E-state index in [1.165, 1.54) is 4.90 Å². The van der Waals surface area contributed by atoms with Crippen LogP contribution in [-0.2, 0) is 9.59 Å². The molecule has 0 saturated carbocycles. The summed E-state index contributed by atoms with van der Waals surface area (Å²) in [7, 11) is 0. The highest BCUT2D eigenvalue weighted by molar-refractivity contribution is 5.98. The number of hydrogen-bond acceptors (Lipinski definition) is 3. The molecular formula is C12H22N2O2. The van der Waals surface area contributed by atoms with Crippen LogP contribution in [0.2, 0.25) is 0 Å². The average Bonchev–Trinajstić information content (AvgIpc) is 2.23. The van der Waals surface area contributed by atoms with E-state index >= 15 is 0 Å². The summed E-state index contributed by atoms with van der Waals surface area (Å²) in [6, 6.07) is 0. The molecule has 16 heavy (non-hydrogen) atoms. The van der Waals surface area contributed by atoms with Crippen molar-refractivity contribution in [3.05, 3.63) is 0 Å².